The molecule has 1 aliphatic carbocycles. The van der Waals surface area contributed by atoms with Gasteiger partial charge in [0, 0.05) is 0 Å². The van der Waals surface area contributed by atoms with Crippen LogP contribution in [-0.4, -0.2) is 25.0 Å². The number of nitrogens with zero attached hydrogens (tertiary/aromatic N) is 1. The summed E-state index contributed by atoms with van der Waals surface area (Å²) in [7, 11) is 1.31. The summed E-state index contributed by atoms with van der Waals surface area (Å²) in [5.74, 6) is -0.813. The van der Waals surface area contributed by atoms with Crippen LogP contribution in [0.5, 0.6) is 5.75 Å². The van der Waals surface area contributed by atoms with Crippen molar-refractivity contribution in [2.45, 2.75) is 25.2 Å². The number of fused-ring (bicyclic) bond motifs is 1. The van der Waals surface area contributed by atoms with Crippen LogP contribution in [0.1, 0.15) is 40.2 Å². The number of benzene rings is 2. The van der Waals surface area contributed by atoms with Gasteiger partial charge < -0.3 is 20.9 Å². The van der Waals surface area contributed by atoms with E-state index in [0.717, 1.165) is 24.0 Å². The first-order valence-electron chi connectivity index (χ1n) is 8.61. The van der Waals surface area contributed by atoms with Crippen molar-refractivity contribution < 1.29 is 19.1 Å². The molecule has 0 heterocycles. The van der Waals surface area contributed by atoms with E-state index < -0.39 is 5.97 Å². The van der Waals surface area contributed by atoms with E-state index in [9.17, 15) is 9.59 Å². The fourth-order valence-electron chi connectivity index (χ4n) is 3.28. The molecule has 1 atom stereocenters. The molecule has 0 bridgehead atoms. The molecule has 0 saturated heterocycles. The monoisotopic (exact) mass is 403 g/mol. The van der Waals surface area contributed by atoms with Crippen molar-refractivity contribution >= 4 is 36.0 Å². The third-order valence-corrected chi connectivity index (χ3v) is 4.51. The molecule has 28 heavy (non-hydrogen) atoms. The van der Waals surface area contributed by atoms with Gasteiger partial charge in [-0.2, -0.15) is 0 Å². The van der Waals surface area contributed by atoms with Gasteiger partial charge in [-0.1, -0.05) is 12.1 Å². The van der Waals surface area contributed by atoms with Crippen LogP contribution in [0, 0.1) is 0 Å². The molecule has 0 aromatic heterocycles. The van der Waals surface area contributed by atoms with Crippen LogP contribution in [0.25, 0.3) is 0 Å². The average molecular weight is 404 g/mol. The maximum absolute atomic E-state index is 12.7. The maximum atomic E-state index is 12.7. The van der Waals surface area contributed by atoms with Crippen LogP contribution in [0.3, 0.4) is 0 Å². The Bertz CT molecular complexity index is 893. The highest BCUT2D eigenvalue weighted by Gasteiger charge is 2.29. The first kappa shape index (κ1) is 21.2. The number of guanidine groups is 1. The number of hydrogen-bond acceptors (Lipinski definition) is 5. The Morgan fingerprint density at radius 2 is 1.82 bits per heavy atom. The van der Waals surface area contributed by atoms with Crippen molar-refractivity contribution in [3.8, 4) is 5.75 Å². The van der Waals surface area contributed by atoms with E-state index in [1.165, 1.54) is 7.11 Å². The van der Waals surface area contributed by atoms with Crippen molar-refractivity contribution in [1.29, 1.82) is 0 Å². The molecular weight excluding hydrogens is 382 g/mol. The molecule has 1 unspecified atom stereocenters. The summed E-state index contributed by atoms with van der Waals surface area (Å²) in [4.78, 5) is 28.4. The number of ether oxygens (including phenoxy) is 2. The van der Waals surface area contributed by atoms with Gasteiger partial charge in [0.05, 0.1) is 24.3 Å². The van der Waals surface area contributed by atoms with Crippen LogP contribution < -0.4 is 16.2 Å². The molecule has 8 heteroatoms. The second-order valence-electron chi connectivity index (χ2n) is 6.26. The minimum absolute atomic E-state index is 0. The predicted molar refractivity (Wildman–Crippen MR) is 108 cm³/mol. The SMILES string of the molecule is COC(=O)c1ccc(OC(=O)C2CCCc3c(N=C(N)N)cccc32)cc1.Cl. The number of carbonyl (C=O) groups excluding carboxylic acids is 2. The van der Waals surface area contributed by atoms with E-state index in [2.05, 4.69) is 9.73 Å². The largest absolute Gasteiger partial charge is 0.465 e. The normalized spacial score (nSPS) is 14.8. The van der Waals surface area contributed by atoms with Crippen molar-refractivity contribution in [3.63, 3.8) is 0 Å². The van der Waals surface area contributed by atoms with Crippen molar-refractivity contribution in [2.75, 3.05) is 7.11 Å². The van der Waals surface area contributed by atoms with Gasteiger partial charge in [0.1, 0.15) is 5.75 Å². The standard InChI is InChI=1S/C20H21N3O4.ClH/c1-26-18(24)12-8-10-13(11-9-12)27-19(25)16-6-2-5-15-14(16)4-3-7-17(15)23-20(21)22;/h3-4,7-11,16H,2,5-6H2,1H3,(H4,21,22,23);1H. The van der Waals surface area contributed by atoms with Crippen LogP contribution >= 0.6 is 12.4 Å². The highest BCUT2D eigenvalue weighted by atomic mass is 35.5. The number of methoxy groups -OCH3 is 1. The quantitative estimate of drug-likeness (QED) is 0.351. The molecule has 3 rings (SSSR count). The Balaban J connectivity index is 0.00000280. The topological polar surface area (TPSA) is 117 Å². The van der Waals surface area contributed by atoms with Crippen LogP contribution in [0.15, 0.2) is 47.5 Å². The Kier molecular flexibility index (Phi) is 7.00. The van der Waals surface area contributed by atoms with Crippen molar-refractivity contribution in [3.05, 3.63) is 59.2 Å². The lowest BCUT2D eigenvalue weighted by Gasteiger charge is -2.25. The van der Waals surface area contributed by atoms with Crippen LogP contribution in [0.2, 0.25) is 0 Å². The van der Waals surface area contributed by atoms with Gasteiger partial charge in [-0.15, -0.1) is 12.4 Å². The Morgan fingerprint density at radius 1 is 1.11 bits per heavy atom. The summed E-state index contributed by atoms with van der Waals surface area (Å²) >= 11 is 0. The number of esters is 2. The molecule has 2 aromatic rings. The van der Waals surface area contributed by atoms with Gasteiger partial charge in [-0.25, -0.2) is 9.79 Å². The molecule has 7 nitrogen and oxygen atoms in total. The van der Waals surface area contributed by atoms with Crippen LogP contribution in [0.4, 0.5) is 5.69 Å². The number of rotatable bonds is 4. The van der Waals surface area contributed by atoms with E-state index >= 15 is 0 Å². The predicted octanol–water partition coefficient (Wildman–Crippen LogP) is 2.83. The summed E-state index contributed by atoms with van der Waals surface area (Å²) in [6.45, 7) is 0. The fourth-order valence-corrected chi connectivity index (χ4v) is 3.28. The zero-order valence-corrected chi connectivity index (χ0v) is 16.2. The summed E-state index contributed by atoms with van der Waals surface area (Å²) in [5.41, 5.74) is 13.9. The molecule has 1 aliphatic rings. The van der Waals surface area contributed by atoms with Crippen LogP contribution in [-0.2, 0) is 16.0 Å². The van der Waals surface area contributed by atoms with E-state index in [1.54, 1.807) is 24.3 Å². The van der Waals surface area contributed by atoms with Crippen molar-refractivity contribution in [2.24, 2.45) is 16.5 Å². The first-order chi connectivity index (χ1) is 13.0. The fraction of sp³-hybridized carbons (Fsp3) is 0.250. The zero-order chi connectivity index (χ0) is 19.4. The zero-order valence-electron chi connectivity index (χ0n) is 15.4. The summed E-state index contributed by atoms with van der Waals surface area (Å²) in [6, 6.07) is 11.8. The third kappa shape index (κ3) is 4.61. The number of halogens is 1. The van der Waals surface area contributed by atoms with E-state index in [0.29, 0.717) is 23.4 Å². The van der Waals surface area contributed by atoms with E-state index in [4.69, 9.17) is 16.2 Å². The number of nitrogens with two attached hydrogens (primary N) is 2. The van der Waals surface area contributed by atoms with Gasteiger partial charge in [-0.3, -0.25) is 4.79 Å². The second-order valence-corrected chi connectivity index (χ2v) is 6.26. The van der Waals surface area contributed by atoms with Gasteiger partial charge in [0.15, 0.2) is 5.96 Å². The number of aliphatic imine (C=N–C) groups is 1. The molecule has 2 aromatic carbocycles. The Morgan fingerprint density at radius 3 is 2.46 bits per heavy atom. The Labute approximate surface area is 169 Å². The van der Waals surface area contributed by atoms with Gasteiger partial charge in [0.2, 0.25) is 0 Å². The van der Waals surface area contributed by atoms with Gasteiger partial charge >= 0.3 is 11.9 Å². The summed E-state index contributed by atoms with van der Waals surface area (Å²) < 4.78 is 10.2. The highest BCUT2D eigenvalue weighted by molar-refractivity contribution is 5.89. The first-order valence-corrected chi connectivity index (χ1v) is 8.61. The molecule has 0 aliphatic heterocycles. The minimum Gasteiger partial charge on any atom is -0.465 e. The smallest absolute Gasteiger partial charge is 0.337 e. The summed E-state index contributed by atoms with van der Waals surface area (Å²) in [6.07, 6.45) is 2.34. The minimum atomic E-state index is -0.443. The lowest BCUT2D eigenvalue weighted by molar-refractivity contribution is -0.136. The van der Waals surface area contributed by atoms with E-state index in [-0.39, 0.29) is 30.3 Å². The third-order valence-electron chi connectivity index (χ3n) is 4.51. The van der Waals surface area contributed by atoms with Gasteiger partial charge in [-0.05, 0) is 60.7 Å². The molecule has 0 fully saturated rings. The molecule has 0 radical (unpaired) electrons. The summed E-state index contributed by atoms with van der Waals surface area (Å²) in [5, 5.41) is 0. The second kappa shape index (κ2) is 9.23. The number of carbonyl (C=O) groups is 2. The molecule has 0 saturated carbocycles. The van der Waals surface area contributed by atoms with Crippen molar-refractivity contribution in [1.82, 2.24) is 0 Å². The molecule has 4 N–H and O–H groups in total. The maximum Gasteiger partial charge on any atom is 0.337 e. The van der Waals surface area contributed by atoms with Gasteiger partial charge in [0.25, 0.3) is 0 Å². The lowest BCUT2D eigenvalue weighted by atomic mass is 9.82. The van der Waals surface area contributed by atoms with E-state index in [1.807, 2.05) is 18.2 Å². The Hall–Kier alpha value is -3.06. The lowest BCUT2D eigenvalue weighted by Crippen LogP contribution is -2.24. The molecule has 0 spiro atoms. The highest BCUT2D eigenvalue weighted by Crippen LogP contribution is 2.37. The molecule has 148 valence electrons. The number of hydrogen-bond donors (Lipinski definition) is 2. The molecular formula is C20H22ClN3O4. The average Bonchev–Trinajstić information content (AvgIpc) is 2.67. The molecule has 0 amide bonds.